The molecule has 1 rings (SSSR count). The number of carbonyl (C=O) groups is 3. The second-order valence-corrected chi connectivity index (χ2v) is 5.24. The summed E-state index contributed by atoms with van der Waals surface area (Å²) in [6.07, 6.45) is -0.121. The number of ketones is 1. The lowest BCUT2D eigenvalue weighted by atomic mass is 10.2. The third-order valence-electron chi connectivity index (χ3n) is 2.16. The number of hydrogen-bond donors (Lipinski definition) is 1. The Balaban J connectivity index is 2.53. The van der Waals surface area contributed by atoms with Crippen LogP contribution in [0.4, 0.5) is 5.69 Å². The van der Waals surface area contributed by atoms with Crippen molar-refractivity contribution in [2.24, 2.45) is 0 Å². The van der Waals surface area contributed by atoms with Gasteiger partial charge in [-0.1, -0.05) is 23.6 Å². The molecule has 0 saturated heterocycles. The largest absolute Gasteiger partial charge is 0.326 e. The number of amides is 1. The molecule has 4 nitrogen and oxygen atoms in total. The normalized spacial score (nSPS) is 9.30. The van der Waals surface area contributed by atoms with Gasteiger partial charge in [-0.3, -0.25) is 14.4 Å². The van der Waals surface area contributed by atoms with Crippen LogP contribution in [-0.2, 0) is 14.4 Å². The van der Waals surface area contributed by atoms with Crippen LogP contribution < -0.4 is 5.32 Å². The molecular weight excluding hydrogens is 274 g/mol. The summed E-state index contributed by atoms with van der Waals surface area (Å²) in [6.45, 7) is 2.88. The molecule has 20 heavy (non-hydrogen) atoms. The van der Waals surface area contributed by atoms with E-state index in [4.69, 9.17) is 0 Å². The van der Waals surface area contributed by atoms with Crippen molar-refractivity contribution >= 4 is 34.3 Å². The van der Waals surface area contributed by atoms with Crippen LogP contribution in [0.25, 0.3) is 0 Å². The van der Waals surface area contributed by atoms with Gasteiger partial charge in [0.1, 0.15) is 5.78 Å². The summed E-state index contributed by atoms with van der Waals surface area (Å²) in [5, 5.41) is 2.67. The summed E-state index contributed by atoms with van der Waals surface area (Å²) in [5.41, 5.74) is 1.43. The Morgan fingerprint density at radius 3 is 2.35 bits per heavy atom. The molecule has 0 aliphatic carbocycles. The molecule has 0 aliphatic heterocycles. The van der Waals surface area contributed by atoms with Gasteiger partial charge in [-0.25, -0.2) is 0 Å². The van der Waals surface area contributed by atoms with Crippen LogP contribution in [0, 0.1) is 11.8 Å². The summed E-state index contributed by atoms with van der Waals surface area (Å²) in [4.78, 5) is 32.9. The monoisotopic (exact) mass is 289 g/mol. The van der Waals surface area contributed by atoms with Crippen molar-refractivity contribution < 1.29 is 14.4 Å². The standard InChI is InChI=1S/C15H15NO3S/c1-11(17)10-15(19)16-14-7-5-13(6-8-14)4-3-9-20-12(2)18/h5-8H,9-10H2,1-2H3,(H,16,19). The summed E-state index contributed by atoms with van der Waals surface area (Å²) in [6, 6.07) is 6.99. The highest BCUT2D eigenvalue weighted by atomic mass is 32.2. The molecule has 0 aromatic heterocycles. The fraction of sp³-hybridized carbons (Fsp3) is 0.267. The summed E-state index contributed by atoms with van der Waals surface area (Å²) in [5.74, 6) is 5.77. The van der Waals surface area contributed by atoms with Crippen LogP contribution in [0.3, 0.4) is 0 Å². The van der Waals surface area contributed by atoms with Crippen molar-refractivity contribution in [3.8, 4) is 11.8 Å². The predicted molar refractivity (Wildman–Crippen MR) is 80.4 cm³/mol. The number of nitrogens with one attached hydrogen (secondary N) is 1. The van der Waals surface area contributed by atoms with Crippen LogP contribution in [0.1, 0.15) is 25.8 Å². The molecule has 1 amide bonds. The fourth-order valence-electron chi connectivity index (χ4n) is 1.34. The van der Waals surface area contributed by atoms with Crippen LogP contribution in [0.15, 0.2) is 24.3 Å². The second-order valence-electron chi connectivity index (χ2n) is 4.09. The van der Waals surface area contributed by atoms with E-state index >= 15 is 0 Å². The van der Waals surface area contributed by atoms with Crippen LogP contribution in [0.5, 0.6) is 0 Å². The van der Waals surface area contributed by atoms with E-state index in [9.17, 15) is 14.4 Å². The van der Waals surface area contributed by atoms with E-state index in [-0.39, 0.29) is 23.2 Å². The summed E-state index contributed by atoms with van der Waals surface area (Å²) in [7, 11) is 0. The van der Waals surface area contributed by atoms with Crippen molar-refractivity contribution in [1.82, 2.24) is 0 Å². The third-order valence-corrected chi connectivity index (χ3v) is 2.85. The summed E-state index contributed by atoms with van der Waals surface area (Å²) >= 11 is 1.17. The highest BCUT2D eigenvalue weighted by Gasteiger charge is 2.04. The van der Waals surface area contributed by atoms with Gasteiger partial charge in [0, 0.05) is 18.2 Å². The lowest BCUT2D eigenvalue weighted by Crippen LogP contribution is -2.14. The van der Waals surface area contributed by atoms with Gasteiger partial charge in [0.25, 0.3) is 0 Å². The first-order chi connectivity index (χ1) is 9.47. The molecule has 0 aliphatic rings. The molecule has 0 saturated carbocycles. The van der Waals surface area contributed by atoms with Crippen molar-refractivity contribution in [2.75, 3.05) is 11.1 Å². The molecule has 0 radical (unpaired) electrons. The van der Waals surface area contributed by atoms with E-state index in [0.717, 1.165) is 5.56 Å². The fourth-order valence-corrected chi connectivity index (χ4v) is 1.69. The Bertz CT molecular complexity index is 567. The SMILES string of the molecule is CC(=O)CC(=O)Nc1ccc(C#CCSC(C)=O)cc1. The van der Waals surface area contributed by atoms with Gasteiger partial charge in [0.15, 0.2) is 5.12 Å². The molecular formula is C15H15NO3S. The van der Waals surface area contributed by atoms with Crippen molar-refractivity contribution in [3.05, 3.63) is 29.8 Å². The number of benzene rings is 1. The molecule has 1 N–H and O–H groups in total. The van der Waals surface area contributed by atoms with Crippen LogP contribution >= 0.6 is 11.8 Å². The maximum Gasteiger partial charge on any atom is 0.231 e. The Labute approximate surface area is 122 Å². The molecule has 0 unspecified atom stereocenters. The van der Waals surface area contributed by atoms with Gasteiger partial charge in [0.05, 0.1) is 12.2 Å². The molecule has 104 valence electrons. The Morgan fingerprint density at radius 2 is 1.80 bits per heavy atom. The van der Waals surface area contributed by atoms with Gasteiger partial charge in [-0.05, 0) is 31.2 Å². The first kappa shape index (κ1) is 16.0. The first-order valence-corrected chi connectivity index (χ1v) is 6.97. The average Bonchev–Trinajstić information content (AvgIpc) is 2.35. The van der Waals surface area contributed by atoms with E-state index < -0.39 is 0 Å². The zero-order valence-corrected chi connectivity index (χ0v) is 12.2. The average molecular weight is 289 g/mol. The summed E-state index contributed by atoms with van der Waals surface area (Å²) < 4.78 is 0. The van der Waals surface area contributed by atoms with Crippen molar-refractivity contribution in [1.29, 1.82) is 0 Å². The van der Waals surface area contributed by atoms with Gasteiger partial charge in [0.2, 0.25) is 5.91 Å². The Kier molecular flexibility index (Phi) is 6.54. The van der Waals surface area contributed by atoms with E-state index in [2.05, 4.69) is 17.2 Å². The quantitative estimate of drug-likeness (QED) is 0.682. The van der Waals surface area contributed by atoms with Crippen molar-refractivity contribution in [3.63, 3.8) is 0 Å². The van der Waals surface area contributed by atoms with Gasteiger partial charge in [-0.15, -0.1) is 0 Å². The smallest absolute Gasteiger partial charge is 0.231 e. The predicted octanol–water partition coefficient (Wildman–Crippen LogP) is 2.24. The highest BCUT2D eigenvalue weighted by molar-refractivity contribution is 8.13. The van der Waals surface area contributed by atoms with Crippen LogP contribution in [0.2, 0.25) is 0 Å². The van der Waals surface area contributed by atoms with Gasteiger partial charge in [-0.2, -0.15) is 0 Å². The lowest BCUT2D eigenvalue weighted by Gasteiger charge is -2.03. The number of rotatable bonds is 4. The van der Waals surface area contributed by atoms with Gasteiger partial charge >= 0.3 is 0 Å². The first-order valence-electron chi connectivity index (χ1n) is 5.99. The topological polar surface area (TPSA) is 63.2 Å². The number of thioether (sulfide) groups is 1. The number of Topliss-reactive ketones (excluding diaryl/α,β-unsaturated/α-hetero) is 1. The minimum Gasteiger partial charge on any atom is -0.326 e. The van der Waals surface area contributed by atoms with E-state index in [1.807, 2.05) is 0 Å². The molecule has 0 bridgehead atoms. The van der Waals surface area contributed by atoms with E-state index in [1.54, 1.807) is 24.3 Å². The number of hydrogen-bond acceptors (Lipinski definition) is 4. The third kappa shape index (κ3) is 6.76. The number of carbonyl (C=O) groups excluding carboxylic acids is 3. The zero-order chi connectivity index (χ0) is 15.0. The van der Waals surface area contributed by atoms with Crippen molar-refractivity contribution in [2.45, 2.75) is 20.3 Å². The molecule has 1 aromatic rings. The molecule has 5 heteroatoms. The Hall–Kier alpha value is -2.06. The molecule has 0 atom stereocenters. The molecule has 0 spiro atoms. The minimum absolute atomic E-state index is 0.0443. The lowest BCUT2D eigenvalue weighted by molar-refractivity contribution is -0.124. The molecule has 0 heterocycles. The minimum atomic E-state index is -0.325. The zero-order valence-electron chi connectivity index (χ0n) is 11.4. The second kappa shape index (κ2) is 8.18. The maximum absolute atomic E-state index is 11.4. The van der Waals surface area contributed by atoms with Gasteiger partial charge < -0.3 is 5.32 Å². The number of anilines is 1. The maximum atomic E-state index is 11.4. The van der Waals surface area contributed by atoms with Crippen LogP contribution in [-0.4, -0.2) is 22.6 Å². The van der Waals surface area contributed by atoms with E-state index in [0.29, 0.717) is 11.4 Å². The highest BCUT2D eigenvalue weighted by Crippen LogP contribution is 2.09. The van der Waals surface area contributed by atoms with E-state index in [1.165, 1.54) is 25.6 Å². The molecule has 1 aromatic carbocycles. The Morgan fingerprint density at radius 1 is 1.15 bits per heavy atom. The molecule has 0 fully saturated rings.